The van der Waals surface area contributed by atoms with Crippen LogP contribution in [0.25, 0.3) is 0 Å². The Kier molecular flexibility index (Phi) is 32.4. The van der Waals surface area contributed by atoms with E-state index in [9.17, 15) is 14.3 Å². The van der Waals surface area contributed by atoms with Crippen LogP contribution in [0.3, 0.4) is 0 Å². The predicted octanol–water partition coefficient (Wildman–Crippen LogP) is 10.9. The summed E-state index contributed by atoms with van der Waals surface area (Å²) in [7, 11) is 1.66. The third-order valence-corrected chi connectivity index (χ3v) is 9.25. The van der Waals surface area contributed by atoms with E-state index in [4.69, 9.17) is 18.5 Å². The maximum Gasteiger partial charge on any atom is 0.472 e. The number of hydrogen-bond acceptors (Lipinski definition) is 6. The van der Waals surface area contributed by atoms with E-state index in [0.717, 1.165) is 44.9 Å². The summed E-state index contributed by atoms with van der Waals surface area (Å²) in [6.45, 7) is 5.56. The molecule has 0 amide bonds. The Labute approximate surface area is 296 Å². The second-order valence-corrected chi connectivity index (χ2v) is 15.8. The first-order valence-electron chi connectivity index (χ1n) is 19.6. The number of carbonyl (C=O) groups excluding carboxylic acids is 1. The van der Waals surface area contributed by atoms with Crippen molar-refractivity contribution in [3.05, 3.63) is 24.3 Å². The fourth-order valence-corrected chi connectivity index (χ4v) is 5.91. The summed E-state index contributed by atoms with van der Waals surface area (Å²) < 4.78 is 34.8. The molecule has 1 N–H and O–H groups in total. The molecule has 8 nitrogen and oxygen atoms in total. The molecule has 0 aliphatic heterocycles. The van der Waals surface area contributed by atoms with Gasteiger partial charge in [-0.05, 0) is 44.9 Å². The highest BCUT2D eigenvalue weighted by molar-refractivity contribution is 7.47. The molecule has 0 spiro atoms. The van der Waals surface area contributed by atoms with E-state index in [2.05, 4.69) is 38.2 Å². The number of likely N-dealkylation sites (N-methyl/N-ethyl adjacent to an activating group) is 1. The van der Waals surface area contributed by atoms with Crippen LogP contribution >= 0.6 is 7.82 Å². The van der Waals surface area contributed by atoms with Crippen molar-refractivity contribution in [2.24, 2.45) is 0 Å². The van der Waals surface area contributed by atoms with E-state index in [1.807, 2.05) is 21.1 Å². The predicted molar refractivity (Wildman–Crippen MR) is 201 cm³/mol. The molecule has 0 heterocycles. The Morgan fingerprint density at radius 1 is 0.646 bits per heavy atom. The van der Waals surface area contributed by atoms with Gasteiger partial charge in [-0.1, -0.05) is 134 Å². The minimum absolute atomic E-state index is 0.0877. The second-order valence-electron chi connectivity index (χ2n) is 14.3. The number of phosphoric acid groups is 1. The molecule has 2 unspecified atom stereocenters. The molecule has 0 radical (unpaired) electrons. The van der Waals surface area contributed by atoms with Crippen LogP contribution in [0, 0.1) is 0 Å². The Morgan fingerprint density at radius 2 is 1.15 bits per heavy atom. The Balaban J connectivity index is 4.25. The van der Waals surface area contributed by atoms with Crippen molar-refractivity contribution in [2.75, 3.05) is 54.1 Å². The van der Waals surface area contributed by atoms with E-state index in [0.29, 0.717) is 24.1 Å². The Hall–Kier alpha value is -1.02. The molecule has 0 aromatic rings. The molecule has 0 aliphatic carbocycles. The first kappa shape index (κ1) is 47.0. The van der Waals surface area contributed by atoms with Crippen LogP contribution in [0.1, 0.15) is 162 Å². The SMILES string of the molecule is CCCCCC/C=C\C/C=C\CCCCCCCCOCC(COP(=O)(O)OCC[N+](C)(C)C)OC(=O)CCCCCCCCCCC. The number of esters is 1. The van der Waals surface area contributed by atoms with Crippen LogP contribution in [0.4, 0.5) is 0 Å². The number of hydrogen-bond donors (Lipinski definition) is 1. The molecule has 0 aromatic carbocycles. The summed E-state index contributed by atoms with van der Waals surface area (Å²) in [5.74, 6) is -0.321. The summed E-state index contributed by atoms with van der Waals surface area (Å²) in [6, 6.07) is 0. The van der Waals surface area contributed by atoms with Crippen molar-refractivity contribution in [1.29, 1.82) is 0 Å². The highest BCUT2D eigenvalue weighted by atomic mass is 31.2. The van der Waals surface area contributed by atoms with Gasteiger partial charge < -0.3 is 18.9 Å². The molecule has 9 heteroatoms. The van der Waals surface area contributed by atoms with E-state index in [1.54, 1.807) is 0 Å². The zero-order valence-corrected chi connectivity index (χ0v) is 32.9. The molecule has 48 heavy (non-hydrogen) atoms. The van der Waals surface area contributed by atoms with Crippen LogP contribution in [0.2, 0.25) is 0 Å². The van der Waals surface area contributed by atoms with Crippen molar-refractivity contribution in [1.82, 2.24) is 0 Å². The van der Waals surface area contributed by atoms with Gasteiger partial charge in [-0.3, -0.25) is 13.8 Å². The fraction of sp³-hybridized carbons (Fsp3) is 0.872. The highest BCUT2D eigenvalue weighted by Gasteiger charge is 2.26. The number of unbranched alkanes of at least 4 members (excludes halogenated alkanes) is 18. The standard InChI is InChI=1S/C39H76NO7P/c1-6-8-10-12-14-16-17-18-19-20-21-22-23-25-27-29-31-34-44-36-38(37-46-48(42,43)45-35-33-40(3,4)5)47-39(41)32-30-28-26-24-15-13-11-9-7-2/h16-17,19-20,38H,6-15,18,21-37H2,1-5H3/p+1/b17-16-,20-19-. The minimum Gasteiger partial charge on any atom is -0.457 e. The molecule has 0 fully saturated rings. The molecule has 0 aromatic heterocycles. The van der Waals surface area contributed by atoms with Gasteiger partial charge in [-0.2, -0.15) is 0 Å². The normalized spacial score (nSPS) is 14.2. The third kappa shape index (κ3) is 36.3. The zero-order chi connectivity index (χ0) is 35.6. The average molecular weight is 703 g/mol. The monoisotopic (exact) mass is 703 g/mol. The summed E-state index contributed by atoms with van der Waals surface area (Å²) in [6.07, 6.45) is 34.9. The van der Waals surface area contributed by atoms with Gasteiger partial charge in [0.2, 0.25) is 0 Å². The van der Waals surface area contributed by atoms with Crippen molar-refractivity contribution in [3.63, 3.8) is 0 Å². The van der Waals surface area contributed by atoms with Crippen molar-refractivity contribution in [2.45, 2.75) is 168 Å². The van der Waals surface area contributed by atoms with Gasteiger partial charge >= 0.3 is 13.8 Å². The molecule has 0 bridgehead atoms. The Bertz CT molecular complexity index is 828. The smallest absolute Gasteiger partial charge is 0.457 e. The van der Waals surface area contributed by atoms with Crippen LogP contribution in [0.15, 0.2) is 24.3 Å². The van der Waals surface area contributed by atoms with E-state index in [1.165, 1.54) is 96.3 Å². The number of phosphoric ester groups is 1. The lowest BCUT2D eigenvalue weighted by Crippen LogP contribution is -2.37. The van der Waals surface area contributed by atoms with E-state index < -0.39 is 13.9 Å². The van der Waals surface area contributed by atoms with Crippen molar-refractivity contribution in [3.8, 4) is 0 Å². The largest absolute Gasteiger partial charge is 0.472 e. The van der Waals surface area contributed by atoms with Crippen LogP contribution in [-0.2, 0) is 27.9 Å². The van der Waals surface area contributed by atoms with Gasteiger partial charge in [0.15, 0.2) is 0 Å². The molecule has 284 valence electrons. The summed E-state index contributed by atoms with van der Waals surface area (Å²) >= 11 is 0. The number of carbonyl (C=O) groups is 1. The number of allylic oxidation sites excluding steroid dienone is 4. The van der Waals surface area contributed by atoms with Crippen molar-refractivity contribution < 1.29 is 37.3 Å². The summed E-state index contributed by atoms with van der Waals surface area (Å²) in [5, 5.41) is 0. The van der Waals surface area contributed by atoms with Gasteiger partial charge in [0.1, 0.15) is 19.3 Å². The van der Waals surface area contributed by atoms with Crippen LogP contribution in [0.5, 0.6) is 0 Å². The Morgan fingerprint density at radius 3 is 1.71 bits per heavy atom. The van der Waals surface area contributed by atoms with Crippen molar-refractivity contribution >= 4 is 13.8 Å². The average Bonchev–Trinajstić information content (AvgIpc) is 3.03. The molecular weight excluding hydrogens is 625 g/mol. The maximum absolute atomic E-state index is 12.6. The van der Waals surface area contributed by atoms with Gasteiger partial charge in [0, 0.05) is 13.0 Å². The topological polar surface area (TPSA) is 91.3 Å². The highest BCUT2D eigenvalue weighted by Crippen LogP contribution is 2.43. The zero-order valence-electron chi connectivity index (χ0n) is 32.0. The molecule has 0 rings (SSSR count). The first-order valence-corrected chi connectivity index (χ1v) is 21.1. The van der Waals surface area contributed by atoms with Gasteiger partial charge in [0.25, 0.3) is 0 Å². The van der Waals surface area contributed by atoms with Gasteiger partial charge in [0.05, 0.1) is 34.4 Å². The number of nitrogens with zero attached hydrogens (tertiary/aromatic N) is 1. The number of rotatable bonds is 36. The quantitative estimate of drug-likeness (QED) is 0.0228. The van der Waals surface area contributed by atoms with E-state index in [-0.39, 0.29) is 25.8 Å². The second kappa shape index (κ2) is 33.1. The molecule has 0 saturated carbocycles. The third-order valence-electron chi connectivity index (χ3n) is 8.27. The molecule has 0 saturated heterocycles. The van der Waals surface area contributed by atoms with E-state index >= 15 is 0 Å². The van der Waals surface area contributed by atoms with Crippen LogP contribution < -0.4 is 0 Å². The number of quaternary nitrogens is 1. The minimum atomic E-state index is -4.26. The molecule has 2 atom stereocenters. The fourth-order valence-electron chi connectivity index (χ4n) is 5.17. The molecular formula is C39H77NO7P+. The lowest BCUT2D eigenvalue weighted by Gasteiger charge is -2.24. The van der Waals surface area contributed by atoms with Crippen LogP contribution in [-0.4, -0.2) is 75.6 Å². The summed E-state index contributed by atoms with van der Waals surface area (Å²) in [5.41, 5.74) is 0. The lowest BCUT2D eigenvalue weighted by molar-refractivity contribution is -0.870. The number of ether oxygens (including phenoxy) is 2. The van der Waals surface area contributed by atoms with Gasteiger partial charge in [-0.15, -0.1) is 0 Å². The first-order chi connectivity index (χ1) is 23.1. The maximum atomic E-state index is 12.6. The lowest BCUT2D eigenvalue weighted by atomic mass is 10.1. The molecule has 0 aliphatic rings. The summed E-state index contributed by atoms with van der Waals surface area (Å²) in [4.78, 5) is 22.7. The van der Waals surface area contributed by atoms with Gasteiger partial charge in [-0.25, -0.2) is 4.57 Å².